The first kappa shape index (κ1) is 13.5. The van der Waals surface area contributed by atoms with Gasteiger partial charge in [-0.3, -0.25) is 14.0 Å². The molecule has 0 aliphatic rings. The number of aromatic nitrogens is 5. The molecule has 0 unspecified atom stereocenters. The van der Waals surface area contributed by atoms with Crippen molar-refractivity contribution in [3.8, 4) is 17.1 Å². The summed E-state index contributed by atoms with van der Waals surface area (Å²) in [5.41, 5.74) is 2.27. The average molecular weight is 305 g/mol. The number of fused-ring (bicyclic) bond motifs is 1. The van der Waals surface area contributed by atoms with E-state index in [-0.39, 0.29) is 5.56 Å². The monoisotopic (exact) mass is 305 g/mol. The van der Waals surface area contributed by atoms with Crippen LogP contribution in [0.1, 0.15) is 0 Å². The number of aryl methyl sites for hydroxylation is 2. The van der Waals surface area contributed by atoms with Gasteiger partial charge in [0.2, 0.25) is 0 Å². The smallest absolute Gasteiger partial charge is 0.261 e. The summed E-state index contributed by atoms with van der Waals surface area (Å²) in [5.74, 6) is 0.615. The first-order valence-corrected chi connectivity index (χ1v) is 7.26. The van der Waals surface area contributed by atoms with Crippen molar-refractivity contribution in [2.24, 2.45) is 14.1 Å². The Kier molecular flexibility index (Phi) is 2.90. The molecule has 4 rings (SSSR count). The highest BCUT2D eigenvalue weighted by atomic mass is 16.1. The summed E-state index contributed by atoms with van der Waals surface area (Å²) >= 11 is 0. The third kappa shape index (κ3) is 2.07. The first-order valence-electron chi connectivity index (χ1n) is 7.26. The van der Waals surface area contributed by atoms with E-state index in [1.165, 1.54) is 0 Å². The van der Waals surface area contributed by atoms with Gasteiger partial charge in [0, 0.05) is 32.7 Å². The lowest BCUT2D eigenvalue weighted by Crippen LogP contribution is -2.20. The van der Waals surface area contributed by atoms with E-state index in [4.69, 9.17) is 0 Å². The Labute approximate surface area is 132 Å². The Hall–Kier alpha value is -3.15. The van der Waals surface area contributed by atoms with Gasteiger partial charge in [-0.1, -0.05) is 18.2 Å². The van der Waals surface area contributed by atoms with Crippen molar-refractivity contribution in [1.29, 1.82) is 0 Å². The third-order valence-corrected chi connectivity index (χ3v) is 3.98. The van der Waals surface area contributed by atoms with Gasteiger partial charge >= 0.3 is 0 Å². The Morgan fingerprint density at radius 2 is 1.96 bits per heavy atom. The van der Waals surface area contributed by atoms with Gasteiger partial charge in [-0.05, 0) is 17.5 Å². The number of imidazole rings is 1. The van der Waals surface area contributed by atoms with Crippen LogP contribution in [0.4, 0.5) is 0 Å². The van der Waals surface area contributed by atoms with Gasteiger partial charge in [0.05, 0.1) is 23.0 Å². The van der Waals surface area contributed by atoms with E-state index in [2.05, 4.69) is 10.1 Å². The van der Waals surface area contributed by atoms with E-state index in [0.717, 1.165) is 16.6 Å². The standard InChI is InChI=1S/C17H15N5O/c1-20-11-13(10-19-20)22-8-7-18-16(22)14-9-12-5-3-4-6-15(12)21(2)17(14)23/h3-11H,1-2H3. The third-order valence-electron chi connectivity index (χ3n) is 3.98. The van der Waals surface area contributed by atoms with Crippen LogP contribution in [0.15, 0.2) is 59.9 Å². The average Bonchev–Trinajstić information content (AvgIpc) is 3.19. The minimum atomic E-state index is -0.0694. The van der Waals surface area contributed by atoms with Gasteiger partial charge < -0.3 is 4.57 Å². The highest BCUT2D eigenvalue weighted by Gasteiger charge is 2.15. The van der Waals surface area contributed by atoms with Crippen molar-refractivity contribution in [2.75, 3.05) is 0 Å². The van der Waals surface area contributed by atoms with Crippen LogP contribution < -0.4 is 5.56 Å². The lowest BCUT2D eigenvalue weighted by atomic mass is 10.1. The number of hydrogen-bond donors (Lipinski definition) is 0. The molecule has 0 bridgehead atoms. The molecule has 114 valence electrons. The zero-order valence-corrected chi connectivity index (χ0v) is 12.8. The quantitative estimate of drug-likeness (QED) is 0.570. The van der Waals surface area contributed by atoms with Crippen LogP contribution in [-0.4, -0.2) is 23.9 Å². The van der Waals surface area contributed by atoms with Crippen LogP contribution in [-0.2, 0) is 14.1 Å². The van der Waals surface area contributed by atoms with Crippen LogP contribution in [0.25, 0.3) is 28.0 Å². The fourth-order valence-corrected chi connectivity index (χ4v) is 2.83. The van der Waals surface area contributed by atoms with Gasteiger partial charge in [0.1, 0.15) is 5.82 Å². The number of nitrogens with zero attached hydrogens (tertiary/aromatic N) is 5. The molecule has 3 heterocycles. The molecule has 3 aromatic heterocycles. The minimum absolute atomic E-state index is 0.0694. The van der Waals surface area contributed by atoms with Crippen LogP contribution >= 0.6 is 0 Å². The van der Waals surface area contributed by atoms with E-state index in [1.54, 1.807) is 28.7 Å². The predicted molar refractivity (Wildman–Crippen MR) is 88.5 cm³/mol. The second kappa shape index (κ2) is 4.95. The maximum atomic E-state index is 12.8. The molecule has 0 aliphatic heterocycles. The van der Waals surface area contributed by atoms with Crippen LogP contribution in [0.2, 0.25) is 0 Å². The lowest BCUT2D eigenvalue weighted by molar-refractivity contribution is 0.767. The topological polar surface area (TPSA) is 57.6 Å². The largest absolute Gasteiger partial charge is 0.311 e. The molecule has 23 heavy (non-hydrogen) atoms. The minimum Gasteiger partial charge on any atom is -0.311 e. The number of benzene rings is 1. The van der Waals surface area contributed by atoms with Crippen molar-refractivity contribution in [3.05, 3.63) is 65.5 Å². The summed E-state index contributed by atoms with van der Waals surface area (Å²) in [4.78, 5) is 17.2. The van der Waals surface area contributed by atoms with Gasteiger partial charge in [-0.15, -0.1) is 0 Å². The molecule has 4 aromatic rings. The molecule has 6 heteroatoms. The highest BCUT2D eigenvalue weighted by molar-refractivity contribution is 5.83. The van der Waals surface area contributed by atoms with E-state index in [9.17, 15) is 4.79 Å². The van der Waals surface area contributed by atoms with E-state index < -0.39 is 0 Å². The van der Waals surface area contributed by atoms with Gasteiger partial charge in [-0.2, -0.15) is 5.10 Å². The zero-order valence-electron chi connectivity index (χ0n) is 12.8. The molecule has 0 saturated heterocycles. The fraction of sp³-hybridized carbons (Fsp3) is 0.118. The van der Waals surface area contributed by atoms with Crippen LogP contribution in [0.3, 0.4) is 0 Å². The lowest BCUT2D eigenvalue weighted by Gasteiger charge is -2.09. The van der Waals surface area contributed by atoms with Crippen molar-refractivity contribution in [1.82, 2.24) is 23.9 Å². The molecular formula is C17H15N5O. The number of pyridine rings is 1. The molecule has 0 radical (unpaired) electrons. The Morgan fingerprint density at radius 1 is 1.13 bits per heavy atom. The van der Waals surface area contributed by atoms with Gasteiger partial charge in [0.25, 0.3) is 5.56 Å². The Balaban J connectivity index is 1.99. The normalized spacial score (nSPS) is 11.2. The molecular weight excluding hydrogens is 290 g/mol. The van der Waals surface area contributed by atoms with Gasteiger partial charge in [-0.25, -0.2) is 4.98 Å². The van der Waals surface area contributed by atoms with E-state index in [1.807, 2.05) is 54.3 Å². The maximum absolute atomic E-state index is 12.8. The first-order chi connectivity index (χ1) is 11.1. The summed E-state index contributed by atoms with van der Waals surface area (Å²) in [6.07, 6.45) is 7.16. The fourth-order valence-electron chi connectivity index (χ4n) is 2.83. The van der Waals surface area contributed by atoms with E-state index in [0.29, 0.717) is 11.4 Å². The van der Waals surface area contributed by atoms with E-state index >= 15 is 0 Å². The molecule has 6 nitrogen and oxygen atoms in total. The molecule has 0 saturated carbocycles. The number of para-hydroxylation sites is 1. The molecule has 0 N–H and O–H groups in total. The molecule has 0 atom stereocenters. The number of rotatable bonds is 2. The van der Waals surface area contributed by atoms with Crippen molar-refractivity contribution in [2.45, 2.75) is 0 Å². The summed E-state index contributed by atoms with van der Waals surface area (Å²) in [5, 5.41) is 5.19. The summed E-state index contributed by atoms with van der Waals surface area (Å²) in [7, 11) is 3.64. The predicted octanol–water partition coefficient (Wildman–Crippen LogP) is 2.12. The number of hydrogen-bond acceptors (Lipinski definition) is 3. The Bertz CT molecular complexity index is 1070. The summed E-state index contributed by atoms with van der Waals surface area (Å²) in [6.45, 7) is 0. The SMILES string of the molecule is Cn1cc(-n2ccnc2-c2cc3ccccc3n(C)c2=O)cn1. The van der Waals surface area contributed by atoms with Crippen LogP contribution in [0.5, 0.6) is 0 Å². The molecule has 1 aromatic carbocycles. The molecule has 0 amide bonds. The highest BCUT2D eigenvalue weighted by Crippen LogP contribution is 2.22. The van der Waals surface area contributed by atoms with Gasteiger partial charge in [0.15, 0.2) is 0 Å². The van der Waals surface area contributed by atoms with Crippen molar-refractivity contribution >= 4 is 10.9 Å². The second-order valence-electron chi connectivity index (χ2n) is 5.47. The van der Waals surface area contributed by atoms with Crippen molar-refractivity contribution < 1.29 is 0 Å². The second-order valence-corrected chi connectivity index (χ2v) is 5.47. The zero-order chi connectivity index (χ0) is 16.0. The van der Waals surface area contributed by atoms with Crippen molar-refractivity contribution in [3.63, 3.8) is 0 Å². The van der Waals surface area contributed by atoms with Crippen LogP contribution in [0, 0.1) is 0 Å². The Morgan fingerprint density at radius 3 is 2.74 bits per heavy atom. The molecule has 0 fully saturated rings. The molecule has 0 spiro atoms. The molecule has 0 aliphatic carbocycles. The summed E-state index contributed by atoms with van der Waals surface area (Å²) < 4.78 is 5.25. The summed E-state index contributed by atoms with van der Waals surface area (Å²) in [6, 6.07) is 9.72. The maximum Gasteiger partial charge on any atom is 0.261 e.